The molecule has 0 unspecified atom stereocenters. The van der Waals surface area contributed by atoms with Crippen molar-refractivity contribution in [1.82, 2.24) is 29.6 Å². The van der Waals surface area contributed by atoms with Gasteiger partial charge in [-0.1, -0.05) is 5.16 Å². The van der Waals surface area contributed by atoms with E-state index in [1.807, 2.05) is 43.2 Å². The lowest BCUT2D eigenvalue weighted by atomic mass is 10.1. The fourth-order valence-corrected chi connectivity index (χ4v) is 3.81. The van der Waals surface area contributed by atoms with Gasteiger partial charge in [0.15, 0.2) is 0 Å². The molecular formula is C21H27N7O2. The molecular weight excluding hydrogens is 382 g/mol. The highest BCUT2D eigenvalue weighted by Gasteiger charge is 2.23. The summed E-state index contributed by atoms with van der Waals surface area (Å²) in [5.74, 6) is 2.64. The molecule has 1 saturated heterocycles. The number of imidazole rings is 1. The van der Waals surface area contributed by atoms with Crippen LogP contribution in [0.4, 0.5) is 5.82 Å². The Morgan fingerprint density at radius 1 is 1.00 bits per heavy atom. The van der Waals surface area contributed by atoms with Gasteiger partial charge in [0.05, 0.1) is 11.4 Å². The molecule has 3 aromatic heterocycles. The standard InChI is InChI=1S/C21H27N7O2/c1-14-16(3)28(13-24-14)20-11-19(22-12-23-20)26-7-9-27(10-8-26)21(29)6-5-18-15(2)25-30-17(18)4/h11-13H,5-10H2,1-4H3. The fraction of sp³-hybridized carbons (Fsp3) is 0.476. The molecule has 0 N–H and O–H groups in total. The van der Waals surface area contributed by atoms with Gasteiger partial charge in [-0.2, -0.15) is 0 Å². The van der Waals surface area contributed by atoms with Crippen LogP contribution in [-0.2, 0) is 11.2 Å². The van der Waals surface area contributed by atoms with Gasteiger partial charge in [-0.25, -0.2) is 15.0 Å². The molecule has 3 aromatic rings. The maximum Gasteiger partial charge on any atom is 0.223 e. The smallest absolute Gasteiger partial charge is 0.223 e. The Morgan fingerprint density at radius 3 is 2.37 bits per heavy atom. The van der Waals surface area contributed by atoms with Gasteiger partial charge < -0.3 is 14.3 Å². The first kappa shape index (κ1) is 20.1. The third kappa shape index (κ3) is 3.92. The van der Waals surface area contributed by atoms with Crippen molar-refractivity contribution < 1.29 is 9.32 Å². The van der Waals surface area contributed by atoms with Crippen molar-refractivity contribution in [3.05, 3.63) is 47.1 Å². The van der Waals surface area contributed by atoms with Crippen LogP contribution < -0.4 is 4.90 Å². The maximum absolute atomic E-state index is 12.7. The molecule has 4 rings (SSSR count). The molecule has 1 amide bonds. The highest BCUT2D eigenvalue weighted by Crippen LogP contribution is 2.19. The number of anilines is 1. The second-order valence-electron chi connectivity index (χ2n) is 7.69. The Balaban J connectivity index is 1.36. The van der Waals surface area contributed by atoms with E-state index >= 15 is 0 Å². The molecule has 9 heteroatoms. The lowest BCUT2D eigenvalue weighted by Gasteiger charge is -2.35. The number of aromatic nitrogens is 5. The SMILES string of the molecule is Cc1noc(C)c1CCC(=O)N1CCN(c2cc(-n3cnc(C)c3C)ncn2)CC1. The van der Waals surface area contributed by atoms with Crippen molar-refractivity contribution >= 4 is 11.7 Å². The van der Waals surface area contributed by atoms with Gasteiger partial charge in [0.1, 0.15) is 30.1 Å². The van der Waals surface area contributed by atoms with Gasteiger partial charge in [0.25, 0.3) is 0 Å². The Labute approximate surface area is 175 Å². The molecule has 30 heavy (non-hydrogen) atoms. The summed E-state index contributed by atoms with van der Waals surface area (Å²) in [4.78, 5) is 30.0. The fourth-order valence-electron chi connectivity index (χ4n) is 3.81. The molecule has 1 aliphatic rings. The average Bonchev–Trinajstić information content (AvgIpc) is 3.27. The van der Waals surface area contributed by atoms with E-state index < -0.39 is 0 Å². The van der Waals surface area contributed by atoms with Gasteiger partial charge in [-0.15, -0.1) is 0 Å². The Bertz CT molecular complexity index is 1030. The first-order valence-electron chi connectivity index (χ1n) is 10.2. The number of amides is 1. The molecule has 0 bridgehead atoms. The predicted octanol–water partition coefficient (Wildman–Crippen LogP) is 2.17. The van der Waals surface area contributed by atoms with Crippen LogP contribution in [0.25, 0.3) is 5.82 Å². The van der Waals surface area contributed by atoms with E-state index in [0.717, 1.165) is 53.1 Å². The van der Waals surface area contributed by atoms with E-state index in [9.17, 15) is 4.79 Å². The molecule has 1 fully saturated rings. The largest absolute Gasteiger partial charge is 0.361 e. The van der Waals surface area contributed by atoms with Crippen molar-refractivity contribution in [3.8, 4) is 5.82 Å². The number of carbonyl (C=O) groups excluding carboxylic acids is 1. The van der Waals surface area contributed by atoms with Crippen molar-refractivity contribution in [2.75, 3.05) is 31.1 Å². The van der Waals surface area contributed by atoms with Gasteiger partial charge in [0, 0.05) is 49.9 Å². The summed E-state index contributed by atoms with van der Waals surface area (Å²) in [6.45, 7) is 10.7. The zero-order valence-corrected chi connectivity index (χ0v) is 17.9. The molecule has 0 radical (unpaired) electrons. The molecule has 0 aromatic carbocycles. The van der Waals surface area contributed by atoms with E-state index in [0.29, 0.717) is 25.9 Å². The van der Waals surface area contributed by atoms with Crippen LogP contribution in [0.15, 0.2) is 23.2 Å². The molecule has 0 atom stereocenters. The first-order valence-corrected chi connectivity index (χ1v) is 10.2. The minimum Gasteiger partial charge on any atom is -0.361 e. The third-order valence-corrected chi connectivity index (χ3v) is 5.86. The lowest BCUT2D eigenvalue weighted by molar-refractivity contribution is -0.131. The van der Waals surface area contributed by atoms with E-state index in [1.54, 1.807) is 12.7 Å². The van der Waals surface area contributed by atoms with E-state index in [2.05, 4.69) is 25.0 Å². The topological polar surface area (TPSA) is 93.2 Å². The molecule has 158 valence electrons. The normalized spacial score (nSPS) is 14.4. The summed E-state index contributed by atoms with van der Waals surface area (Å²) in [7, 11) is 0. The van der Waals surface area contributed by atoms with Crippen LogP contribution >= 0.6 is 0 Å². The quantitative estimate of drug-likeness (QED) is 0.637. The van der Waals surface area contributed by atoms with E-state index in [1.165, 1.54) is 0 Å². The van der Waals surface area contributed by atoms with Crippen LogP contribution in [0.5, 0.6) is 0 Å². The minimum absolute atomic E-state index is 0.169. The number of nitrogens with zero attached hydrogens (tertiary/aromatic N) is 7. The zero-order chi connectivity index (χ0) is 21.3. The van der Waals surface area contributed by atoms with Crippen LogP contribution in [0.3, 0.4) is 0 Å². The second kappa shape index (κ2) is 8.25. The molecule has 0 aliphatic carbocycles. The minimum atomic E-state index is 0.169. The number of aryl methyl sites for hydroxylation is 3. The van der Waals surface area contributed by atoms with Crippen LogP contribution in [-0.4, -0.2) is 61.7 Å². The Kier molecular flexibility index (Phi) is 5.52. The van der Waals surface area contributed by atoms with Gasteiger partial charge >= 0.3 is 0 Å². The van der Waals surface area contributed by atoms with E-state index in [4.69, 9.17) is 4.52 Å². The van der Waals surface area contributed by atoms with Crippen LogP contribution in [0.1, 0.15) is 34.8 Å². The third-order valence-electron chi connectivity index (χ3n) is 5.86. The highest BCUT2D eigenvalue weighted by molar-refractivity contribution is 5.76. The molecule has 9 nitrogen and oxygen atoms in total. The molecule has 0 spiro atoms. The molecule has 0 saturated carbocycles. The predicted molar refractivity (Wildman–Crippen MR) is 112 cm³/mol. The maximum atomic E-state index is 12.7. The van der Waals surface area contributed by atoms with Crippen LogP contribution in [0, 0.1) is 27.7 Å². The van der Waals surface area contributed by atoms with Crippen molar-refractivity contribution in [1.29, 1.82) is 0 Å². The number of hydrogen-bond donors (Lipinski definition) is 0. The monoisotopic (exact) mass is 409 g/mol. The summed E-state index contributed by atoms with van der Waals surface area (Å²) in [6, 6.07) is 1.98. The number of hydrogen-bond acceptors (Lipinski definition) is 7. The highest BCUT2D eigenvalue weighted by atomic mass is 16.5. The number of rotatable bonds is 5. The average molecular weight is 409 g/mol. The van der Waals surface area contributed by atoms with Crippen molar-refractivity contribution in [2.45, 2.75) is 40.5 Å². The van der Waals surface area contributed by atoms with E-state index in [-0.39, 0.29) is 5.91 Å². The zero-order valence-electron chi connectivity index (χ0n) is 17.9. The second-order valence-corrected chi connectivity index (χ2v) is 7.69. The Hall–Kier alpha value is -3.23. The lowest BCUT2D eigenvalue weighted by Crippen LogP contribution is -2.49. The molecule has 4 heterocycles. The first-order chi connectivity index (χ1) is 14.4. The van der Waals surface area contributed by atoms with Crippen LogP contribution in [0.2, 0.25) is 0 Å². The number of piperazine rings is 1. The van der Waals surface area contributed by atoms with Gasteiger partial charge in [-0.3, -0.25) is 9.36 Å². The van der Waals surface area contributed by atoms with Gasteiger partial charge in [0.2, 0.25) is 5.91 Å². The summed E-state index contributed by atoms with van der Waals surface area (Å²) in [6.07, 6.45) is 4.51. The number of carbonyl (C=O) groups is 1. The summed E-state index contributed by atoms with van der Waals surface area (Å²) >= 11 is 0. The summed E-state index contributed by atoms with van der Waals surface area (Å²) in [5.41, 5.74) is 3.96. The molecule has 1 aliphatic heterocycles. The Morgan fingerprint density at radius 2 is 1.73 bits per heavy atom. The van der Waals surface area contributed by atoms with Crippen molar-refractivity contribution in [2.24, 2.45) is 0 Å². The van der Waals surface area contributed by atoms with Crippen molar-refractivity contribution in [3.63, 3.8) is 0 Å². The summed E-state index contributed by atoms with van der Waals surface area (Å²) in [5, 5.41) is 3.96. The van der Waals surface area contributed by atoms with Gasteiger partial charge in [-0.05, 0) is 34.1 Å². The summed E-state index contributed by atoms with van der Waals surface area (Å²) < 4.78 is 7.15.